The molecule has 7 heteroatoms. The minimum Gasteiger partial charge on any atom is -0.356 e. The molecule has 0 aromatic heterocycles. The molecule has 0 unspecified atom stereocenters. The number of rotatable bonds is 3. The van der Waals surface area contributed by atoms with E-state index in [0.29, 0.717) is 0 Å². The summed E-state index contributed by atoms with van der Waals surface area (Å²) >= 11 is 0. The van der Waals surface area contributed by atoms with Crippen LogP contribution in [0.5, 0.6) is 5.75 Å². The van der Waals surface area contributed by atoms with Gasteiger partial charge in [0.2, 0.25) is 6.08 Å². The number of benzene rings is 1. The molecular weight excluding hydrogens is 213 g/mol. The molecule has 0 heterocycles. The highest BCUT2D eigenvalue weighted by Crippen LogP contribution is 2.27. The molecule has 0 fully saturated rings. The van der Waals surface area contributed by atoms with E-state index in [1.165, 1.54) is 24.3 Å². The zero-order valence-electron chi connectivity index (χ0n) is 6.68. The van der Waals surface area contributed by atoms with Gasteiger partial charge in [0.05, 0.1) is 0 Å². The van der Waals surface area contributed by atoms with Gasteiger partial charge in [-0.05, 0) is 12.1 Å². The molecule has 0 radical (unpaired) electrons. The van der Waals surface area contributed by atoms with Crippen LogP contribution in [0.2, 0.25) is 0 Å². The Labute approximate surface area is 79.3 Å². The van der Waals surface area contributed by atoms with Crippen LogP contribution in [0.1, 0.15) is 0 Å². The predicted molar refractivity (Wildman–Crippen MR) is 44.9 cm³/mol. The van der Waals surface area contributed by atoms with Gasteiger partial charge in [-0.3, -0.25) is 0 Å². The summed E-state index contributed by atoms with van der Waals surface area (Å²) in [5.41, 5.74) is -0.108. The fourth-order valence-corrected chi connectivity index (χ4v) is 1.13. The first kappa shape index (κ1) is 10.4. The molecule has 0 amide bonds. The highest BCUT2D eigenvalue weighted by Gasteiger charge is 2.12. The highest BCUT2D eigenvalue weighted by atomic mass is 32.3. The normalized spacial score (nSPS) is 10.4. The number of para-hydroxylation sites is 2. The molecule has 74 valence electrons. The Morgan fingerprint density at radius 3 is 2.57 bits per heavy atom. The molecule has 0 atom stereocenters. The number of hydrogen-bond donors (Lipinski definition) is 0. The van der Waals surface area contributed by atoms with E-state index in [0.717, 1.165) is 6.07 Å². The number of nitrogens with zero attached hydrogens (tertiary/aromatic N) is 1. The monoisotopic (exact) mass is 217 g/mol. The fourth-order valence-electron chi connectivity index (χ4n) is 0.776. The maximum atomic E-state index is 12.1. The van der Waals surface area contributed by atoms with E-state index in [4.69, 9.17) is 0 Å². The first-order chi connectivity index (χ1) is 6.53. The van der Waals surface area contributed by atoms with Gasteiger partial charge in [0, 0.05) is 0 Å². The van der Waals surface area contributed by atoms with Gasteiger partial charge in [0.15, 0.2) is 5.75 Å². The Morgan fingerprint density at radius 2 is 2.00 bits per heavy atom. The van der Waals surface area contributed by atoms with Crippen LogP contribution in [-0.2, 0) is 15.3 Å². The van der Waals surface area contributed by atoms with Crippen molar-refractivity contribution in [3.05, 3.63) is 24.3 Å². The number of hydrogen-bond acceptors (Lipinski definition) is 5. The van der Waals surface area contributed by atoms with Crippen LogP contribution in [0.15, 0.2) is 29.3 Å². The fraction of sp³-hybridized carbons (Fsp3) is 0. The molecule has 0 spiro atoms. The van der Waals surface area contributed by atoms with Gasteiger partial charge in [-0.25, -0.2) is 4.79 Å². The third-order valence-electron chi connectivity index (χ3n) is 1.22. The number of aliphatic imine (C=N–C) groups is 1. The van der Waals surface area contributed by atoms with Crippen molar-refractivity contribution >= 4 is 22.3 Å². The quantitative estimate of drug-likeness (QED) is 0.434. The summed E-state index contributed by atoms with van der Waals surface area (Å²) < 4.78 is 36.3. The summed E-state index contributed by atoms with van der Waals surface area (Å²) in [6.45, 7) is 0. The molecule has 5 nitrogen and oxygen atoms in total. The second-order valence-electron chi connectivity index (χ2n) is 2.15. The van der Waals surface area contributed by atoms with Gasteiger partial charge in [-0.2, -0.15) is 13.4 Å². The third kappa shape index (κ3) is 2.96. The van der Waals surface area contributed by atoms with Crippen LogP contribution in [-0.4, -0.2) is 14.5 Å². The van der Waals surface area contributed by atoms with Gasteiger partial charge < -0.3 is 4.18 Å². The van der Waals surface area contributed by atoms with Gasteiger partial charge in [0.25, 0.3) is 0 Å². The summed E-state index contributed by atoms with van der Waals surface area (Å²) in [6.07, 6.45) is 1.19. The Bertz CT molecular complexity index is 478. The summed E-state index contributed by atoms with van der Waals surface area (Å²) in [7, 11) is -5.11. The molecule has 0 saturated carbocycles. The topological polar surface area (TPSA) is 72.8 Å². The maximum absolute atomic E-state index is 12.1. The largest absolute Gasteiger partial charge is 0.488 e. The van der Waals surface area contributed by atoms with Crippen molar-refractivity contribution in [1.29, 1.82) is 0 Å². The Hall–Kier alpha value is -1.72. The summed E-state index contributed by atoms with van der Waals surface area (Å²) in [5, 5.41) is 0. The first-order valence-electron chi connectivity index (χ1n) is 3.34. The van der Waals surface area contributed by atoms with Crippen LogP contribution in [0.3, 0.4) is 0 Å². The van der Waals surface area contributed by atoms with E-state index >= 15 is 0 Å². The highest BCUT2D eigenvalue weighted by molar-refractivity contribution is 7.81. The second-order valence-corrected chi connectivity index (χ2v) is 3.10. The predicted octanol–water partition coefficient (Wildman–Crippen LogP) is 1.25. The molecule has 1 aromatic rings. The lowest BCUT2D eigenvalue weighted by Crippen LogP contribution is -2.01. The van der Waals surface area contributed by atoms with Crippen molar-refractivity contribution in [2.24, 2.45) is 4.99 Å². The standard InChI is InChI=1S/C7H4FNO4S/c8-14(11,12)13-7-4-2-1-3-6(7)9-5-10/h1-4H. The first-order valence-corrected chi connectivity index (χ1v) is 4.65. The Morgan fingerprint density at radius 1 is 1.36 bits per heavy atom. The SMILES string of the molecule is O=C=Nc1ccccc1OS(=O)(=O)F. The number of isocyanates is 1. The van der Waals surface area contributed by atoms with Gasteiger partial charge in [-0.15, -0.1) is 0 Å². The molecule has 0 aliphatic heterocycles. The minimum absolute atomic E-state index is 0.108. The average molecular weight is 217 g/mol. The molecule has 0 bridgehead atoms. The van der Waals surface area contributed by atoms with Gasteiger partial charge >= 0.3 is 10.5 Å². The van der Waals surface area contributed by atoms with E-state index in [9.17, 15) is 17.1 Å². The molecule has 0 N–H and O–H groups in total. The third-order valence-corrected chi connectivity index (χ3v) is 1.60. The van der Waals surface area contributed by atoms with Gasteiger partial charge in [-0.1, -0.05) is 16.0 Å². The summed E-state index contributed by atoms with van der Waals surface area (Å²) in [5.74, 6) is -0.363. The lowest BCUT2D eigenvalue weighted by Gasteiger charge is -2.01. The maximum Gasteiger partial charge on any atom is 0.488 e. The van der Waals surface area contributed by atoms with Crippen molar-refractivity contribution in [3.63, 3.8) is 0 Å². The van der Waals surface area contributed by atoms with Crippen molar-refractivity contribution in [2.45, 2.75) is 0 Å². The molecule has 1 aromatic carbocycles. The van der Waals surface area contributed by atoms with Crippen LogP contribution in [0.25, 0.3) is 0 Å². The summed E-state index contributed by atoms with van der Waals surface area (Å²) in [6, 6.07) is 5.33. The van der Waals surface area contributed by atoms with E-state index in [-0.39, 0.29) is 11.4 Å². The van der Waals surface area contributed by atoms with Crippen LogP contribution < -0.4 is 4.18 Å². The molecule has 0 saturated heterocycles. The van der Waals surface area contributed by atoms with Crippen LogP contribution in [0, 0.1) is 0 Å². The van der Waals surface area contributed by atoms with Crippen LogP contribution in [0.4, 0.5) is 9.57 Å². The van der Waals surface area contributed by atoms with Crippen molar-refractivity contribution in [1.82, 2.24) is 0 Å². The molecule has 1 rings (SSSR count). The Kier molecular flexibility index (Phi) is 2.95. The lowest BCUT2D eigenvalue weighted by molar-refractivity contribution is 0.440. The van der Waals surface area contributed by atoms with E-state index in [1.807, 2.05) is 0 Å². The second kappa shape index (κ2) is 3.99. The summed E-state index contributed by atoms with van der Waals surface area (Å²) in [4.78, 5) is 13.0. The van der Waals surface area contributed by atoms with Crippen LogP contribution >= 0.6 is 0 Å². The molecule has 14 heavy (non-hydrogen) atoms. The molecule has 0 aliphatic rings. The zero-order chi connectivity index (χ0) is 10.6. The number of carbonyl (C=O) groups excluding carboxylic acids is 1. The van der Waals surface area contributed by atoms with Gasteiger partial charge in [0.1, 0.15) is 5.69 Å². The molecule has 0 aliphatic carbocycles. The average Bonchev–Trinajstić information content (AvgIpc) is 2.06. The van der Waals surface area contributed by atoms with Crippen molar-refractivity contribution in [3.8, 4) is 5.75 Å². The number of halogens is 1. The smallest absolute Gasteiger partial charge is 0.356 e. The minimum atomic E-state index is -5.11. The molecular formula is C7H4FNO4S. The van der Waals surface area contributed by atoms with E-state index in [1.54, 1.807) is 0 Å². The van der Waals surface area contributed by atoms with Crippen molar-refractivity contribution in [2.75, 3.05) is 0 Å². The van der Waals surface area contributed by atoms with Crippen molar-refractivity contribution < 1.29 is 21.3 Å². The van der Waals surface area contributed by atoms with E-state index < -0.39 is 10.5 Å². The zero-order valence-corrected chi connectivity index (χ0v) is 7.49. The Balaban J connectivity index is 3.14. The lowest BCUT2D eigenvalue weighted by atomic mass is 10.3. The van der Waals surface area contributed by atoms with E-state index in [2.05, 4.69) is 9.18 Å².